The van der Waals surface area contributed by atoms with Gasteiger partial charge in [0.05, 0.1) is 5.92 Å². The van der Waals surface area contributed by atoms with Crippen LogP contribution in [0.4, 0.5) is 5.82 Å². The molecule has 1 saturated heterocycles. The van der Waals surface area contributed by atoms with E-state index in [1.54, 1.807) is 25.2 Å². The van der Waals surface area contributed by atoms with E-state index in [-0.39, 0.29) is 17.9 Å². The van der Waals surface area contributed by atoms with Crippen LogP contribution in [-0.4, -0.2) is 47.5 Å². The van der Waals surface area contributed by atoms with Gasteiger partial charge in [0.2, 0.25) is 5.91 Å². The van der Waals surface area contributed by atoms with Crippen molar-refractivity contribution in [1.29, 1.82) is 0 Å². The molecule has 0 spiro atoms. The number of anilines is 1. The van der Waals surface area contributed by atoms with Crippen LogP contribution in [0.5, 0.6) is 0 Å². The van der Waals surface area contributed by atoms with Gasteiger partial charge in [-0.05, 0) is 29.9 Å². The second-order valence-electron chi connectivity index (χ2n) is 6.98. The van der Waals surface area contributed by atoms with Crippen LogP contribution >= 0.6 is 11.6 Å². The second kappa shape index (κ2) is 6.20. The molecule has 2 aromatic rings. The van der Waals surface area contributed by atoms with Gasteiger partial charge in [-0.2, -0.15) is 0 Å². The molecule has 24 heavy (non-hydrogen) atoms. The number of carbonyl (C=O) groups is 1. The van der Waals surface area contributed by atoms with Gasteiger partial charge in [0.15, 0.2) is 0 Å². The number of amides is 1. The van der Waals surface area contributed by atoms with Crippen LogP contribution in [0.25, 0.3) is 10.8 Å². The Hall–Kier alpha value is -1.88. The fraction of sp³-hybridized carbons (Fsp3) is 0.500. The lowest BCUT2D eigenvalue weighted by Gasteiger charge is -2.47. The van der Waals surface area contributed by atoms with Crippen molar-refractivity contribution in [1.82, 2.24) is 14.9 Å². The van der Waals surface area contributed by atoms with E-state index in [2.05, 4.69) is 35.6 Å². The fourth-order valence-corrected chi connectivity index (χ4v) is 3.47. The zero-order valence-electron chi connectivity index (χ0n) is 14.7. The molecule has 1 aliphatic rings. The van der Waals surface area contributed by atoms with Gasteiger partial charge in [-0.3, -0.25) is 4.79 Å². The van der Waals surface area contributed by atoms with E-state index in [0.29, 0.717) is 17.6 Å². The molecule has 0 aromatic carbocycles. The number of rotatable bonds is 3. The van der Waals surface area contributed by atoms with Gasteiger partial charge in [0, 0.05) is 44.5 Å². The summed E-state index contributed by atoms with van der Waals surface area (Å²) in [5.74, 6) is 1.42. The highest BCUT2D eigenvalue weighted by molar-refractivity contribution is 6.30. The minimum absolute atomic E-state index is 0.0156. The molecule has 3 heterocycles. The maximum atomic E-state index is 12.2. The molecule has 128 valence electrons. The zero-order chi connectivity index (χ0) is 17.6. The smallest absolute Gasteiger partial charge is 0.229 e. The third-order valence-electron chi connectivity index (χ3n) is 4.87. The Morgan fingerprint density at radius 3 is 2.58 bits per heavy atom. The molecule has 1 fully saturated rings. The number of aromatic nitrogens is 2. The first-order valence-electron chi connectivity index (χ1n) is 8.23. The highest BCUT2D eigenvalue weighted by Gasteiger charge is 2.42. The number of nitrogens with zero attached hydrogens (tertiary/aromatic N) is 4. The number of pyridine rings is 2. The molecule has 0 N–H and O–H groups in total. The molecule has 6 heteroatoms. The normalized spacial score (nSPS) is 20.4. The van der Waals surface area contributed by atoms with Crippen molar-refractivity contribution in [2.45, 2.75) is 32.7 Å². The van der Waals surface area contributed by atoms with Crippen LogP contribution in [-0.2, 0) is 4.79 Å². The third-order valence-corrected chi connectivity index (χ3v) is 5.07. The quantitative estimate of drug-likeness (QED) is 0.800. The van der Waals surface area contributed by atoms with Crippen molar-refractivity contribution in [3.63, 3.8) is 0 Å². The summed E-state index contributed by atoms with van der Waals surface area (Å²) >= 11 is 6.11. The van der Waals surface area contributed by atoms with Gasteiger partial charge in [0.1, 0.15) is 11.0 Å². The van der Waals surface area contributed by atoms with Crippen LogP contribution in [0, 0.1) is 5.92 Å². The predicted octanol–water partition coefficient (Wildman–Crippen LogP) is 3.32. The molecular weight excluding hydrogens is 324 g/mol. The summed E-state index contributed by atoms with van der Waals surface area (Å²) in [4.78, 5) is 25.0. The first-order chi connectivity index (χ1) is 11.3. The fourth-order valence-electron chi connectivity index (χ4n) is 3.31. The Bertz CT molecular complexity index is 790. The van der Waals surface area contributed by atoms with Crippen molar-refractivity contribution in [3.8, 4) is 0 Å². The summed E-state index contributed by atoms with van der Waals surface area (Å²) in [7, 11) is 3.60. The van der Waals surface area contributed by atoms with E-state index in [4.69, 9.17) is 11.6 Å². The summed E-state index contributed by atoms with van der Waals surface area (Å²) in [6.07, 6.45) is 3.71. The Labute approximate surface area is 147 Å². The van der Waals surface area contributed by atoms with Crippen LogP contribution in [0.2, 0.25) is 5.15 Å². The lowest BCUT2D eigenvalue weighted by atomic mass is 9.88. The average molecular weight is 347 g/mol. The van der Waals surface area contributed by atoms with Crippen LogP contribution < -0.4 is 4.90 Å². The van der Waals surface area contributed by atoms with Crippen LogP contribution in [0.1, 0.15) is 32.3 Å². The van der Waals surface area contributed by atoms with Gasteiger partial charge in [-0.15, -0.1) is 0 Å². The van der Waals surface area contributed by atoms with Crippen molar-refractivity contribution in [3.05, 3.63) is 29.2 Å². The number of fused-ring (bicyclic) bond motifs is 1. The van der Waals surface area contributed by atoms with E-state index in [0.717, 1.165) is 22.2 Å². The molecular formula is C18H23ClN4O. The maximum absolute atomic E-state index is 12.2. The minimum atomic E-state index is 0.0156. The van der Waals surface area contributed by atoms with Crippen LogP contribution in [0.3, 0.4) is 0 Å². The molecule has 2 aromatic heterocycles. The monoisotopic (exact) mass is 346 g/mol. The molecule has 3 rings (SSSR count). The van der Waals surface area contributed by atoms with E-state index in [1.807, 2.05) is 12.3 Å². The molecule has 0 radical (unpaired) electrons. The summed E-state index contributed by atoms with van der Waals surface area (Å²) in [6, 6.07) is 2.03. The molecule has 1 amide bonds. The minimum Gasteiger partial charge on any atom is -0.352 e. The topological polar surface area (TPSA) is 49.3 Å². The van der Waals surface area contributed by atoms with E-state index in [1.165, 1.54) is 0 Å². The van der Waals surface area contributed by atoms with Gasteiger partial charge >= 0.3 is 0 Å². The SMILES string of the molecule is CC(C)c1cnc(N2C[C@@H](C(=O)N(C)C)[C@@H]2C)c2cnc(Cl)cc12. The predicted molar refractivity (Wildman–Crippen MR) is 97.6 cm³/mol. The molecule has 2 atom stereocenters. The Balaban J connectivity index is 2.00. The summed E-state index contributed by atoms with van der Waals surface area (Å²) in [5.41, 5.74) is 1.16. The van der Waals surface area contributed by atoms with Gasteiger partial charge in [-0.1, -0.05) is 25.4 Å². The molecule has 0 unspecified atom stereocenters. The maximum Gasteiger partial charge on any atom is 0.229 e. The highest BCUT2D eigenvalue weighted by atomic mass is 35.5. The van der Waals surface area contributed by atoms with Crippen LogP contribution in [0.15, 0.2) is 18.5 Å². The summed E-state index contributed by atoms with van der Waals surface area (Å²) in [5, 5.41) is 2.57. The lowest BCUT2D eigenvalue weighted by molar-refractivity contribution is -0.135. The summed E-state index contributed by atoms with van der Waals surface area (Å²) < 4.78 is 0. The van der Waals surface area contributed by atoms with E-state index < -0.39 is 0 Å². The van der Waals surface area contributed by atoms with Gasteiger partial charge < -0.3 is 9.80 Å². The molecule has 0 saturated carbocycles. The number of hydrogen-bond donors (Lipinski definition) is 0. The summed E-state index contributed by atoms with van der Waals surface area (Å²) in [6.45, 7) is 7.04. The van der Waals surface area contributed by atoms with Gasteiger partial charge in [-0.25, -0.2) is 9.97 Å². The van der Waals surface area contributed by atoms with E-state index >= 15 is 0 Å². The third kappa shape index (κ3) is 2.71. The Morgan fingerprint density at radius 2 is 2.00 bits per heavy atom. The number of hydrogen-bond acceptors (Lipinski definition) is 4. The van der Waals surface area contributed by atoms with Crippen molar-refractivity contribution in [2.75, 3.05) is 25.5 Å². The number of carbonyl (C=O) groups excluding carboxylic acids is 1. The van der Waals surface area contributed by atoms with E-state index in [9.17, 15) is 4.79 Å². The lowest BCUT2D eigenvalue weighted by Crippen LogP contribution is -2.60. The highest BCUT2D eigenvalue weighted by Crippen LogP contribution is 2.37. The zero-order valence-corrected chi connectivity index (χ0v) is 15.5. The molecule has 0 aliphatic carbocycles. The molecule has 0 bridgehead atoms. The molecule has 1 aliphatic heterocycles. The standard InChI is InChI=1S/C18H23ClN4O/c1-10(2)13-7-21-17(14-8-20-16(19)6-12(13)14)23-9-15(11(23)3)18(24)22(4)5/h6-8,10-11,15H,9H2,1-5H3/t11-,15+/m0/s1. The number of halogens is 1. The Morgan fingerprint density at radius 1 is 1.29 bits per heavy atom. The average Bonchev–Trinajstić information content (AvgIpc) is 2.52. The Kier molecular flexibility index (Phi) is 4.38. The van der Waals surface area contributed by atoms with Crippen molar-refractivity contribution < 1.29 is 4.79 Å². The largest absolute Gasteiger partial charge is 0.352 e. The molecule has 5 nitrogen and oxygen atoms in total. The van der Waals surface area contributed by atoms with Crippen molar-refractivity contribution in [2.24, 2.45) is 5.92 Å². The second-order valence-corrected chi connectivity index (χ2v) is 7.36. The first-order valence-corrected chi connectivity index (χ1v) is 8.61. The van der Waals surface area contributed by atoms with Gasteiger partial charge in [0.25, 0.3) is 0 Å². The van der Waals surface area contributed by atoms with Crippen molar-refractivity contribution >= 4 is 34.1 Å². The first kappa shape index (κ1) is 17.0.